The van der Waals surface area contributed by atoms with Gasteiger partial charge in [-0.25, -0.2) is 14.2 Å². The molecule has 4 rings (SSSR count). The molecule has 8 heteroatoms. The highest BCUT2D eigenvalue weighted by molar-refractivity contribution is 6.12. The smallest absolute Gasteiger partial charge is 0.363 e. The van der Waals surface area contributed by atoms with Gasteiger partial charge >= 0.3 is 5.97 Å². The number of nitro benzene ring substituents is 1. The summed E-state index contributed by atoms with van der Waals surface area (Å²) in [4.78, 5) is 26.8. The molecule has 0 saturated carbocycles. The number of nitrogens with zero attached hydrogens (tertiary/aromatic N) is 2. The second-order valence-electron chi connectivity index (χ2n) is 5.82. The van der Waals surface area contributed by atoms with Crippen LogP contribution in [-0.2, 0) is 9.53 Å². The minimum absolute atomic E-state index is 0.0128. The van der Waals surface area contributed by atoms with Gasteiger partial charge in [0.25, 0.3) is 5.69 Å². The first-order valence-corrected chi connectivity index (χ1v) is 8.13. The Morgan fingerprint density at radius 2 is 1.89 bits per heavy atom. The van der Waals surface area contributed by atoms with E-state index in [9.17, 15) is 19.3 Å². The van der Waals surface area contributed by atoms with Crippen molar-refractivity contribution in [3.63, 3.8) is 0 Å². The zero-order valence-electron chi connectivity index (χ0n) is 14.2. The topological polar surface area (TPSA) is 94.9 Å². The van der Waals surface area contributed by atoms with Gasteiger partial charge in [-0.15, -0.1) is 0 Å². The van der Waals surface area contributed by atoms with Crippen LogP contribution in [0.5, 0.6) is 0 Å². The first kappa shape index (κ1) is 17.3. The summed E-state index contributed by atoms with van der Waals surface area (Å²) in [6.45, 7) is 0. The van der Waals surface area contributed by atoms with Gasteiger partial charge in [-0.1, -0.05) is 18.2 Å². The molecule has 1 aliphatic rings. The molecule has 3 aromatic rings. The van der Waals surface area contributed by atoms with Crippen LogP contribution in [0.15, 0.2) is 75.8 Å². The van der Waals surface area contributed by atoms with Crippen molar-refractivity contribution < 1.29 is 23.3 Å². The Morgan fingerprint density at radius 1 is 1.07 bits per heavy atom. The molecule has 138 valence electrons. The summed E-state index contributed by atoms with van der Waals surface area (Å²) < 4.78 is 24.0. The van der Waals surface area contributed by atoms with Crippen LogP contribution in [0.4, 0.5) is 10.1 Å². The lowest BCUT2D eigenvalue weighted by Crippen LogP contribution is -2.05. The Labute approximate surface area is 157 Å². The van der Waals surface area contributed by atoms with Crippen LogP contribution < -0.4 is 0 Å². The number of nitro groups is 1. The largest absolute Gasteiger partial charge is 0.456 e. The zero-order valence-corrected chi connectivity index (χ0v) is 14.2. The lowest BCUT2D eigenvalue weighted by atomic mass is 10.1. The van der Waals surface area contributed by atoms with Gasteiger partial charge in [0, 0.05) is 17.7 Å². The van der Waals surface area contributed by atoms with Crippen molar-refractivity contribution in [2.75, 3.05) is 0 Å². The molecule has 0 bridgehead atoms. The van der Waals surface area contributed by atoms with Gasteiger partial charge in [-0.3, -0.25) is 10.1 Å². The standard InChI is InChI=1S/C20H11FN2O5/c21-13-5-3-4-12(10-13)19-22-16(20(24)28-19)11-14-8-9-18(27-14)15-6-1-2-7-17(15)23(25)26/h1-11H. The van der Waals surface area contributed by atoms with Crippen LogP contribution in [0.1, 0.15) is 11.3 Å². The lowest BCUT2D eigenvalue weighted by molar-refractivity contribution is -0.384. The molecule has 0 aliphatic carbocycles. The lowest BCUT2D eigenvalue weighted by Gasteiger charge is -1.98. The number of cyclic esters (lactones) is 1. The molecule has 0 amide bonds. The van der Waals surface area contributed by atoms with Gasteiger partial charge in [-0.2, -0.15) is 0 Å². The molecule has 0 N–H and O–H groups in total. The second kappa shape index (κ2) is 6.92. The van der Waals surface area contributed by atoms with Crippen molar-refractivity contribution in [3.8, 4) is 11.3 Å². The molecule has 1 aromatic heterocycles. The van der Waals surface area contributed by atoms with E-state index in [-0.39, 0.29) is 28.8 Å². The monoisotopic (exact) mass is 378 g/mol. The first-order valence-electron chi connectivity index (χ1n) is 8.13. The third kappa shape index (κ3) is 3.30. The van der Waals surface area contributed by atoms with Crippen molar-refractivity contribution in [3.05, 3.63) is 93.6 Å². The van der Waals surface area contributed by atoms with Crippen LogP contribution in [-0.4, -0.2) is 16.8 Å². The summed E-state index contributed by atoms with van der Waals surface area (Å²) in [6, 6.07) is 14.8. The highest BCUT2D eigenvalue weighted by Gasteiger charge is 2.25. The number of rotatable bonds is 4. The number of carbonyl (C=O) groups excluding carboxylic acids is 1. The Hall–Kier alpha value is -4.07. The zero-order chi connectivity index (χ0) is 19.7. The molecule has 0 unspecified atom stereocenters. The van der Waals surface area contributed by atoms with Crippen LogP contribution in [0.3, 0.4) is 0 Å². The molecule has 1 aliphatic heterocycles. The molecule has 0 fully saturated rings. The van der Waals surface area contributed by atoms with E-state index in [4.69, 9.17) is 9.15 Å². The van der Waals surface area contributed by atoms with Gasteiger partial charge in [0.15, 0.2) is 5.70 Å². The quantitative estimate of drug-likeness (QED) is 0.291. The summed E-state index contributed by atoms with van der Waals surface area (Å²) in [6.07, 6.45) is 1.35. The average Bonchev–Trinajstić information content (AvgIpc) is 3.29. The van der Waals surface area contributed by atoms with E-state index in [2.05, 4.69) is 4.99 Å². The van der Waals surface area contributed by atoms with E-state index in [1.807, 2.05) is 0 Å². The summed E-state index contributed by atoms with van der Waals surface area (Å²) in [7, 11) is 0. The second-order valence-corrected chi connectivity index (χ2v) is 5.82. The minimum Gasteiger partial charge on any atom is -0.456 e. The van der Waals surface area contributed by atoms with Gasteiger partial charge in [0.1, 0.15) is 17.3 Å². The summed E-state index contributed by atoms with van der Waals surface area (Å²) in [5.74, 6) is -0.651. The van der Waals surface area contributed by atoms with Crippen LogP contribution >= 0.6 is 0 Å². The van der Waals surface area contributed by atoms with Crippen molar-refractivity contribution in [2.45, 2.75) is 0 Å². The number of benzene rings is 2. The fourth-order valence-corrected chi connectivity index (χ4v) is 2.71. The SMILES string of the molecule is O=C1OC(c2cccc(F)c2)=NC1=Cc1ccc(-c2ccccc2[N+](=O)[O-])o1. The number of para-hydroxylation sites is 1. The molecular weight excluding hydrogens is 367 g/mol. The van der Waals surface area contributed by atoms with Crippen LogP contribution in [0, 0.1) is 15.9 Å². The summed E-state index contributed by atoms with van der Waals surface area (Å²) in [5, 5.41) is 11.2. The van der Waals surface area contributed by atoms with Crippen molar-refractivity contribution in [1.82, 2.24) is 0 Å². The summed E-state index contributed by atoms with van der Waals surface area (Å²) >= 11 is 0. The Bertz CT molecular complexity index is 1160. The molecule has 28 heavy (non-hydrogen) atoms. The highest BCUT2D eigenvalue weighted by Crippen LogP contribution is 2.31. The number of aliphatic imine (C=N–C) groups is 1. The predicted octanol–water partition coefficient (Wildman–Crippen LogP) is 4.34. The van der Waals surface area contributed by atoms with Gasteiger partial charge in [0.2, 0.25) is 5.90 Å². The predicted molar refractivity (Wildman–Crippen MR) is 97.8 cm³/mol. The first-order chi connectivity index (χ1) is 13.5. The van der Waals surface area contributed by atoms with E-state index in [0.29, 0.717) is 11.1 Å². The molecule has 2 heterocycles. The molecule has 2 aromatic carbocycles. The van der Waals surface area contributed by atoms with Crippen LogP contribution in [0.25, 0.3) is 17.4 Å². The fraction of sp³-hybridized carbons (Fsp3) is 0. The molecule has 0 atom stereocenters. The molecular formula is C20H11FN2O5. The number of carbonyl (C=O) groups is 1. The van der Waals surface area contributed by atoms with Crippen LogP contribution in [0.2, 0.25) is 0 Å². The maximum absolute atomic E-state index is 13.3. The Morgan fingerprint density at radius 3 is 2.68 bits per heavy atom. The number of ether oxygens (including phenoxy) is 1. The van der Waals surface area contributed by atoms with E-state index >= 15 is 0 Å². The Kier molecular flexibility index (Phi) is 4.29. The maximum Gasteiger partial charge on any atom is 0.363 e. The molecule has 0 saturated heterocycles. The highest BCUT2D eigenvalue weighted by atomic mass is 19.1. The van der Waals surface area contributed by atoms with Crippen molar-refractivity contribution in [2.24, 2.45) is 4.99 Å². The minimum atomic E-state index is -0.706. The third-order valence-electron chi connectivity index (χ3n) is 3.96. The number of furan rings is 1. The molecule has 0 radical (unpaired) electrons. The van der Waals surface area contributed by atoms with Gasteiger partial charge in [-0.05, 0) is 36.4 Å². The third-order valence-corrected chi connectivity index (χ3v) is 3.96. The summed E-state index contributed by atoms with van der Waals surface area (Å²) in [5.41, 5.74) is 0.525. The van der Waals surface area contributed by atoms with Gasteiger partial charge < -0.3 is 9.15 Å². The van der Waals surface area contributed by atoms with Crippen molar-refractivity contribution in [1.29, 1.82) is 0 Å². The number of halogens is 1. The number of hydrogen-bond acceptors (Lipinski definition) is 6. The Balaban J connectivity index is 1.66. The normalized spacial score (nSPS) is 14.8. The molecule has 0 spiro atoms. The fourth-order valence-electron chi connectivity index (χ4n) is 2.71. The number of esters is 1. The molecule has 7 nitrogen and oxygen atoms in total. The average molecular weight is 378 g/mol. The van der Waals surface area contributed by atoms with E-state index < -0.39 is 16.7 Å². The van der Waals surface area contributed by atoms with Gasteiger partial charge in [0.05, 0.1) is 10.5 Å². The van der Waals surface area contributed by atoms with E-state index in [1.54, 1.807) is 36.4 Å². The van der Waals surface area contributed by atoms with E-state index in [0.717, 1.165) is 0 Å². The van der Waals surface area contributed by atoms with E-state index in [1.165, 1.54) is 30.3 Å². The van der Waals surface area contributed by atoms with Crippen molar-refractivity contribution >= 4 is 23.6 Å². The number of hydrogen-bond donors (Lipinski definition) is 0. The maximum atomic E-state index is 13.3.